The van der Waals surface area contributed by atoms with E-state index in [2.05, 4.69) is 34.1 Å². The zero-order valence-corrected chi connectivity index (χ0v) is 22.3. The third-order valence-corrected chi connectivity index (χ3v) is 6.90. The highest BCUT2D eigenvalue weighted by atomic mass is 16.5. The largest absolute Gasteiger partial charge is 0.492 e. The molecule has 0 radical (unpaired) electrons. The lowest BCUT2D eigenvalue weighted by Gasteiger charge is -2.17. The topological polar surface area (TPSA) is 92.2 Å². The lowest BCUT2D eigenvalue weighted by molar-refractivity contribution is -0.113. The summed E-state index contributed by atoms with van der Waals surface area (Å²) in [4.78, 5) is 31.4. The van der Waals surface area contributed by atoms with Gasteiger partial charge in [0.25, 0.3) is 5.91 Å². The van der Waals surface area contributed by atoms with Gasteiger partial charge in [0.1, 0.15) is 12.4 Å². The number of hydrogen-bond donors (Lipinski definition) is 2. The van der Waals surface area contributed by atoms with Gasteiger partial charge < -0.3 is 19.9 Å². The number of nitrogens with zero attached hydrogens (tertiary/aromatic N) is 3. The summed E-state index contributed by atoms with van der Waals surface area (Å²) in [5, 5.41) is 8.20. The molecule has 8 nitrogen and oxygen atoms in total. The van der Waals surface area contributed by atoms with Crippen molar-refractivity contribution in [3.8, 4) is 5.75 Å². The molecule has 4 aromatic rings. The number of Topliss-reactive ketones (excluding diaryl/α,β-unsaturated/α-hetero) is 1. The zero-order valence-electron chi connectivity index (χ0n) is 22.3. The molecule has 2 N–H and O–H groups in total. The molecule has 1 aliphatic carbocycles. The molecule has 0 saturated heterocycles. The van der Waals surface area contributed by atoms with Crippen LogP contribution in [0, 0.1) is 0 Å². The SMILES string of the molecule is CCN(CC)CCOc1ccc2[nH]c(C3=CC(NC(=O)c4cnn(Cc5ccccc5)c4)=CCC3=O)cc2c1. The van der Waals surface area contributed by atoms with Crippen molar-refractivity contribution in [1.82, 2.24) is 25.0 Å². The first kappa shape index (κ1) is 26.2. The second-order valence-corrected chi connectivity index (χ2v) is 9.52. The van der Waals surface area contributed by atoms with Crippen LogP contribution in [0.1, 0.15) is 41.9 Å². The van der Waals surface area contributed by atoms with Crippen LogP contribution in [-0.2, 0) is 11.3 Å². The van der Waals surface area contributed by atoms with E-state index in [-0.39, 0.29) is 18.1 Å². The number of fused-ring (bicyclic) bond motifs is 1. The van der Waals surface area contributed by atoms with Crippen LogP contribution in [-0.4, -0.2) is 57.6 Å². The second kappa shape index (κ2) is 12.0. The van der Waals surface area contributed by atoms with Gasteiger partial charge in [-0.05, 0) is 49.0 Å². The minimum atomic E-state index is -0.270. The summed E-state index contributed by atoms with van der Waals surface area (Å²) in [5.74, 6) is 0.518. The Hall–Kier alpha value is -4.43. The number of amides is 1. The fourth-order valence-electron chi connectivity index (χ4n) is 4.64. The number of ether oxygens (including phenoxy) is 1. The van der Waals surface area contributed by atoms with Crippen LogP contribution >= 0.6 is 0 Å². The first-order valence-corrected chi connectivity index (χ1v) is 13.3. The maximum atomic E-state index is 12.9. The van der Waals surface area contributed by atoms with Crippen LogP contribution in [0.3, 0.4) is 0 Å². The third-order valence-electron chi connectivity index (χ3n) is 6.90. The van der Waals surface area contributed by atoms with Crippen molar-refractivity contribution in [2.45, 2.75) is 26.8 Å². The summed E-state index contributed by atoms with van der Waals surface area (Å²) in [6, 6.07) is 17.8. The first-order chi connectivity index (χ1) is 19.0. The lowest BCUT2D eigenvalue weighted by Crippen LogP contribution is -2.27. The minimum Gasteiger partial charge on any atom is -0.492 e. The number of H-pyrrole nitrogens is 1. The normalized spacial score (nSPS) is 13.5. The maximum Gasteiger partial charge on any atom is 0.258 e. The highest BCUT2D eigenvalue weighted by Crippen LogP contribution is 2.28. The molecule has 0 aliphatic heterocycles. The van der Waals surface area contributed by atoms with Gasteiger partial charge in [-0.2, -0.15) is 5.10 Å². The number of allylic oxidation sites excluding steroid dienone is 3. The molecule has 0 bridgehead atoms. The Morgan fingerprint density at radius 2 is 1.95 bits per heavy atom. The van der Waals surface area contributed by atoms with E-state index in [1.165, 1.54) is 0 Å². The molecule has 0 atom stereocenters. The van der Waals surface area contributed by atoms with Gasteiger partial charge in [-0.15, -0.1) is 0 Å². The molecular formula is C31H33N5O3. The van der Waals surface area contributed by atoms with Crippen LogP contribution in [0.4, 0.5) is 0 Å². The summed E-state index contributed by atoms with van der Waals surface area (Å²) >= 11 is 0. The van der Waals surface area contributed by atoms with E-state index >= 15 is 0 Å². The molecule has 2 aromatic carbocycles. The number of carbonyl (C=O) groups excluding carboxylic acids is 2. The number of hydrogen-bond acceptors (Lipinski definition) is 5. The van der Waals surface area contributed by atoms with Crippen LogP contribution in [0.5, 0.6) is 5.75 Å². The quantitative estimate of drug-likeness (QED) is 0.295. The summed E-state index contributed by atoms with van der Waals surface area (Å²) in [7, 11) is 0. The Morgan fingerprint density at radius 3 is 2.74 bits per heavy atom. The maximum absolute atomic E-state index is 12.9. The predicted octanol–water partition coefficient (Wildman–Crippen LogP) is 4.80. The van der Waals surface area contributed by atoms with Crippen LogP contribution in [0.15, 0.2) is 84.8 Å². The molecule has 1 amide bonds. The van der Waals surface area contributed by atoms with Gasteiger partial charge in [0.2, 0.25) is 0 Å². The van der Waals surface area contributed by atoms with Crippen molar-refractivity contribution in [3.63, 3.8) is 0 Å². The van der Waals surface area contributed by atoms with Gasteiger partial charge in [-0.3, -0.25) is 14.3 Å². The van der Waals surface area contributed by atoms with E-state index in [9.17, 15) is 9.59 Å². The molecule has 5 rings (SSSR count). The molecule has 200 valence electrons. The number of rotatable bonds is 11. The third kappa shape index (κ3) is 6.35. The van der Waals surface area contributed by atoms with E-state index in [0.29, 0.717) is 35.7 Å². The van der Waals surface area contributed by atoms with Crippen LogP contribution in [0.2, 0.25) is 0 Å². The first-order valence-electron chi connectivity index (χ1n) is 13.3. The van der Waals surface area contributed by atoms with Gasteiger partial charge in [-0.1, -0.05) is 50.3 Å². The number of likely N-dealkylation sites (N-methyl/N-ethyl adjacent to an activating group) is 1. The molecule has 8 heteroatoms. The van der Waals surface area contributed by atoms with E-state index < -0.39 is 0 Å². The van der Waals surface area contributed by atoms with Gasteiger partial charge in [-0.25, -0.2) is 0 Å². The van der Waals surface area contributed by atoms with Crippen molar-refractivity contribution >= 4 is 28.2 Å². The van der Waals surface area contributed by atoms with Gasteiger partial charge in [0.05, 0.1) is 24.0 Å². The predicted molar refractivity (Wildman–Crippen MR) is 153 cm³/mol. The van der Waals surface area contributed by atoms with Gasteiger partial charge >= 0.3 is 0 Å². The Bertz CT molecular complexity index is 1530. The minimum absolute atomic E-state index is 0.00840. The number of aromatic nitrogens is 3. The van der Waals surface area contributed by atoms with Crippen molar-refractivity contribution in [1.29, 1.82) is 0 Å². The fraction of sp³-hybridized carbons (Fsp3) is 0.258. The van der Waals surface area contributed by atoms with E-state index in [1.807, 2.05) is 54.6 Å². The monoisotopic (exact) mass is 523 g/mol. The summed E-state index contributed by atoms with van der Waals surface area (Å²) in [5.41, 5.74) is 4.31. The highest BCUT2D eigenvalue weighted by Gasteiger charge is 2.20. The molecular weight excluding hydrogens is 490 g/mol. The molecule has 0 spiro atoms. The standard InChI is InChI=1S/C31H33N5O3/c1-3-35(4-2)14-15-39-26-11-12-28-23(16-26)17-29(34-28)27-18-25(10-13-30(27)37)33-31(38)24-19-32-36(21-24)20-22-8-6-5-7-9-22/h5-12,16-19,21,34H,3-4,13-15,20H2,1-2H3,(H,33,38). The molecule has 1 aliphatic rings. The van der Waals surface area contributed by atoms with E-state index in [0.717, 1.165) is 41.9 Å². The number of carbonyl (C=O) groups is 2. The smallest absolute Gasteiger partial charge is 0.258 e. The zero-order chi connectivity index (χ0) is 27.2. The number of aromatic amines is 1. The van der Waals surface area contributed by atoms with E-state index in [1.54, 1.807) is 29.2 Å². The lowest BCUT2D eigenvalue weighted by atomic mass is 9.98. The van der Waals surface area contributed by atoms with Crippen LogP contribution < -0.4 is 10.1 Å². The van der Waals surface area contributed by atoms with Crippen LogP contribution in [0.25, 0.3) is 16.5 Å². The van der Waals surface area contributed by atoms with Gasteiger partial charge in [0.15, 0.2) is 5.78 Å². The fourth-order valence-corrected chi connectivity index (χ4v) is 4.64. The van der Waals surface area contributed by atoms with E-state index in [4.69, 9.17) is 4.74 Å². The Balaban J connectivity index is 1.26. The Morgan fingerprint density at radius 1 is 1.13 bits per heavy atom. The Labute approximate surface area is 228 Å². The molecule has 39 heavy (non-hydrogen) atoms. The van der Waals surface area contributed by atoms with Gasteiger partial charge in [0, 0.05) is 41.3 Å². The summed E-state index contributed by atoms with van der Waals surface area (Å²) in [6.45, 7) is 8.36. The molecule has 0 fully saturated rings. The van der Waals surface area contributed by atoms with Crippen molar-refractivity contribution in [2.75, 3.05) is 26.2 Å². The second-order valence-electron chi connectivity index (χ2n) is 9.52. The molecule has 0 saturated carbocycles. The number of ketones is 1. The highest BCUT2D eigenvalue weighted by molar-refractivity contribution is 6.23. The molecule has 2 aromatic heterocycles. The molecule has 2 heterocycles. The molecule has 0 unspecified atom stereocenters. The number of benzene rings is 2. The average Bonchev–Trinajstić information content (AvgIpc) is 3.60. The van der Waals surface area contributed by atoms with Crippen molar-refractivity contribution in [2.24, 2.45) is 0 Å². The summed E-state index contributed by atoms with van der Waals surface area (Å²) in [6.07, 6.45) is 6.95. The van der Waals surface area contributed by atoms with Crippen molar-refractivity contribution < 1.29 is 14.3 Å². The summed E-state index contributed by atoms with van der Waals surface area (Å²) < 4.78 is 7.69. The Kier molecular flexibility index (Phi) is 8.03. The number of nitrogens with one attached hydrogen (secondary N) is 2. The average molecular weight is 524 g/mol. The van der Waals surface area contributed by atoms with Crippen molar-refractivity contribution in [3.05, 3.63) is 102 Å².